The van der Waals surface area contributed by atoms with Gasteiger partial charge in [0.25, 0.3) is 5.91 Å². The van der Waals surface area contributed by atoms with Crippen LogP contribution in [0.25, 0.3) is 0 Å². The van der Waals surface area contributed by atoms with E-state index in [1.165, 1.54) is 0 Å². The predicted molar refractivity (Wildman–Crippen MR) is 92.7 cm³/mol. The fourth-order valence-electron chi connectivity index (χ4n) is 2.92. The van der Waals surface area contributed by atoms with E-state index in [9.17, 15) is 9.59 Å². The minimum Gasteiger partial charge on any atom is -0.483 e. The van der Waals surface area contributed by atoms with Crippen molar-refractivity contribution in [3.63, 3.8) is 0 Å². The van der Waals surface area contributed by atoms with Gasteiger partial charge in [0.05, 0.1) is 5.92 Å². The molecule has 1 aromatic rings. The van der Waals surface area contributed by atoms with Gasteiger partial charge in [-0.25, -0.2) is 0 Å². The summed E-state index contributed by atoms with van der Waals surface area (Å²) in [6, 6.07) is 7.74. The first-order chi connectivity index (χ1) is 11.7. The molecule has 1 fully saturated rings. The second-order valence-electron chi connectivity index (χ2n) is 6.01. The molecule has 0 aliphatic carbocycles. The number of rotatable bonds is 7. The highest BCUT2D eigenvalue weighted by Gasteiger charge is 2.28. The van der Waals surface area contributed by atoms with Gasteiger partial charge in [0, 0.05) is 26.2 Å². The molecule has 6 nitrogen and oxygen atoms in total. The second-order valence-corrected chi connectivity index (χ2v) is 6.01. The smallest absolute Gasteiger partial charge is 0.260 e. The highest BCUT2D eigenvalue weighted by atomic mass is 16.5. The van der Waals surface area contributed by atoms with E-state index in [1.807, 2.05) is 24.3 Å². The van der Waals surface area contributed by atoms with Gasteiger partial charge in [-0.15, -0.1) is 0 Å². The van der Waals surface area contributed by atoms with Crippen LogP contribution in [0.15, 0.2) is 24.3 Å². The van der Waals surface area contributed by atoms with Crippen molar-refractivity contribution in [3.8, 4) is 5.75 Å². The average molecular weight is 333 g/mol. The van der Waals surface area contributed by atoms with Crippen LogP contribution in [0, 0.1) is 5.92 Å². The Kier molecular flexibility index (Phi) is 7.06. The molecule has 0 spiro atoms. The number of carbonyl (C=O) groups is 2. The Labute approximate surface area is 143 Å². The molecule has 1 aliphatic heterocycles. The number of aryl methyl sites for hydroxylation is 1. The molecular formula is C18H27N3O3. The summed E-state index contributed by atoms with van der Waals surface area (Å²) in [5.41, 5.74) is 6.49. The lowest BCUT2D eigenvalue weighted by Crippen LogP contribution is -2.47. The number of ether oxygens (including phenoxy) is 1. The molecule has 1 atom stereocenters. The van der Waals surface area contributed by atoms with Gasteiger partial charge in [0.1, 0.15) is 5.75 Å². The average Bonchev–Trinajstić information content (AvgIpc) is 2.64. The number of hydrogen-bond donors (Lipinski definition) is 2. The van der Waals surface area contributed by atoms with Crippen molar-refractivity contribution in [1.29, 1.82) is 0 Å². The molecular weight excluding hydrogens is 306 g/mol. The number of nitrogens with zero attached hydrogens (tertiary/aromatic N) is 1. The molecule has 132 valence electrons. The minimum atomic E-state index is -0.155. The normalized spacial score (nSPS) is 17.4. The monoisotopic (exact) mass is 333 g/mol. The van der Waals surface area contributed by atoms with E-state index in [4.69, 9.17) is 10.5 Å². The van der Waals surface area contributed by atoms with Crippen molar-refractivity contribution in [2.24, 2.45) is 11.7 Å². The third kappa shape index (κ3) is 4.96. The number of nitrogens with two attached hydrogens (primary N) is 1. The number of piperidine rings is 1. The zero-order chi connectivity index (χ0) is 17.4. The molecule has 0 radical (unpaired) electrons. The van der Waals surface area contributed by atoms with Gasteiger partial charge >= 0.3 is 0 Å². The Morgan fingerprint density at radius 2 is 2.17 bits per heavy atom. The van der Waals surface area contributed by atoms with Crippen LogP contribution in [-0.2, 0) is 16.0 Å². The Bertz CT molecular complexity index is 562. The third-order valence-electron chi connectivity index (χ3n) is 4.29. The standard InChI is InChI=1S/C18H27N3O3/c1-2-14-6-3-4-8-16(14)24-13-17(22)21-11-5-7-15(12-21)18(23)20-10-9-19/h3-4,6,8,15H,2,5,7,9-13,19H2,1H3,(H,20,23). The third-order valence-corrected chi connectivity index (χ3v) is 4.29. The van der Waals surface area contributed by atoms with E-state index < -0.39 is 0 Å². The van der Waals surface area contributed by atoms with Gasteiger partial charge < -0.3 is 20.7 Å². The topological polar surface area (TPSA) is 84.7 Å². The maximum atomic E-state index is 12.4. The number of nitrogens with one attached hydrogen (secondary N) is 1. The maximum Gasteiger partial charge on any atom is 0.260 e. The summed E-state index contributed by atoms with van der Waals surface area (Å²) in [5.74, 6) is 0.507. The van der Waals surface area contributed by atoms with E-state index >= 15 is 0 Å². The Balaban J connectivity index is 1.86. The summed E-state index contributed by atoms with van der Waals surface area (Å²) in [5, 5.41) is 2.80. The number of amides is 2. The first-order valence-electron chi connectivity index (χ1n) is 8.62. The van der Waals surface area contributed by atoms with Crippen LogP contribution < -0.4 is 15.8 Å². The van der Waals surface area contributed by atoms with E-state index in [2.05, 4.69) is 12.2 Å². The highest BCUT2D eigenvalue weighted by Crippen LogP contribution is 2.20. The van der Waals surface area contributed by atoms with Gasteiger partial charge in [-0.05, 0) is 30.9 Å². The van der Waals surface area contributed by atoms with Gasteiger partial charge in [-0.2, -0.15) is 0 Å². The molecule has 24 heavy (non-hydrogen) atoms. The molecule has 1 unspecified atom stereocenters. The van der Waals surface area contributed by atoms with E-state index in [0.29, 0.717) is 26.2 Å². The maximum absolute atomic E-state index is 12.4. The number of likely N-dealkylation sites (tertiary alicyclic amines) is 1. The highest BCUT2D eigenvalue weighted by molar-refractivity contribution is 5.82. The molecule has 1 heterocycles. The first kappa shape index (κ1) is 18.3. The first-order valence-corrected chi connectivity index (χ1v) is 8.62. The molecule has 6 heteroatoms. The van der Waals surface area contributed by atoms with Crippen molar-refractivity contribution >= 4 is 11.8 Å². The lowest BCUT2D eigenvalue weighted by Gasteiger charge is -2.32. The van der Waals surface area contributed by atoms with E-state index in [0.717, 1.165) is 30.6 Å². The van der Waals surface area contributed by atoms with Gasteiger partial charge in [0.2, 0.25) is 5.91 Å². The summed E-state index contributed by atoms with van der Waals surface area (Å²) in [4.78, 5) is 26.2. The lowest BCUT2D eigenvalue weighted by atomic mass is 9.97. The number of para-hydroxylation sites is 1. The van der Waals surface area contributed by atoms with Crippen LogP contribution >= 0.6 is 0 Å². The molecule has 2 amide bonds. The van der Waals surface area contributed by atoms with Gasteiger partial charge in [-0.1, -0.05) is 25.1 Å². The lowest BCUT2D eigenvalue weighted by molar-refractivity contribution is -0.137. The van der Waals surface area contributed by atoms with Crippen molar-refractivity contribution in [1.82, 2.24) is 10.2 Å². The Morgan fingerprint density at radius 1 is 1.38 bits per heavy atom. The van der Waals surface area contributed by atoms with E-state index in [1.54, 1.807) is 4.90 Å². The predicted octanol–water partition coefficient (Wildman–Crippen LogP) is 0.941. The SMILES string of the molecule is CCc1ccccc1OCC(=O)N1CCCC(C(=O)NCCN)C1. The zero-order valence-electron chi connectivity index (χ0n) is 14.3. The van der Waals surface area contributed by atoms with Gasteiger partial charge in [-0.3, -0.25) is 9.59 Å². The molecule has 2 rings (SSSR count). The van der Waals surface area contributed by atoms with Crippen molar-refractivity contribution in [2.45, 2.75) is 26.2 Å². The van der Waals surface area contributed by atoms with Crippen LogP contribution in [0.2, 0.25) is 0 Å². The molecule has 0 bridgehead atoms. The molecule has 0 saturated carbocycles. The second kappa shape index (κ2) is 9.27. The Hall–Kier alpha value is -2.08. The van der Waals surface area contributed by atoms with Gasteiger partial charge in [0.15, 0.2) is 6.61 Å². The number of benzene rings is 1. The van der Waals surface area contributed by atoms with Crippen molar-refractivity contribution in [3.05, 3.63) is 29.8 Å². The van der Waals surface area contributed by atoms with Crippen molar-refractivity contribution < 1.29 is 14.3 Å². The molecule has 0 aromatic heterocycles. The summed E-state index contributed by atoms with van der Waals surface area (Å²) in [6.07, 6.45) is 2.50. The number of carbonyl (C=O) groups excluding carboxylic acids is 2. The fourth-order valence-corrected chi connectivity index (χ4v) is 2.92. The molecule has 1 aliphatic rings. The van der Waals surface area contributed by atoms with Crippen LogP contribution in [0.4, 0.5) is 0 Å². The summed E-state index contributed by atoms with van der Waals surface area (Å²) < 4.78 is 5.70. The minimum absolute atomic E-state index is 0.00809. The fraction of sp³-hybridized carbons (Fsp3) is 0.556. The molecule has 3 N–H and O–H groups in total. The van der Waals surface area contributed by atoms with E-state index in [-0.39, 0.29) is 24.3 Å². The van der Waals surface area contributed by atoms with Crippen LogP contribution in [0.5, 0.6) is 5.75 Å². The zero-order valence-corrected chi connectivity index (χ0v) is 14.3. The van der Waals surface area contributed by atoms with Crippen LogP contribution in [0.3, 0.4) is 0 Å². The Morgan fingerprint density at radius 3 is 2.92 bits per heavy atom. The van der Waals surface area contributed by atoms with Crippen LogP contribution in [0.1, 0.15) is 25.3 Å². The largest absolute Gasteiger partial charge is 0.483 e. The summed E-state index contributed by atoms with van der Waals surface area (Å²) in [6.45, 7) is 4.09. The summed E-state index contributed by atoms with van der Waals surface area (Å²) >= 11 is 0. The van der Waals surface area contributed by atoms with Crippen molar-refractivity contribution in [2.75, 3.05) is 32.8 Å². The molecule has 1 aromatic carbocycles. The van der Waals surface area contributed by atoms with Crippen LogP contribution in [-0.4, -0.2) is 49.5 Å². The number of hydrogen-bond acceptors (Lipinski definition) is 4. The quantitative estimate of drug-likeness (QED) is 0.778. The molecule has 1 saturated heterocycles. The summed E-state index contributed by atoms with van der Waals surface area (Å²) in [7, 11) is 0.